The Morgan fingerprint density at radius 1 is 1.50 bits per heavy atom. The molecule has 0 aliphatic rings. The molecular weight excluding hydrogens is 228 g/mol. The third kappa shape index (κ3) is 4.33. The van der Waals surface area contributed by atoms with Crippen molar-refractivity contribution in [3.63, 3.8) is 0 Å². The van der Waals surface area contributed by atoms with Gasteiger partial charge >= 0.3 is 0 Å². The van der Waals surface area contributed by atoms with E-state index in [1.54, 1.807) is 32.4 Å². The van der Waals surface area contributed by atoms with Gasteiger partial charge in [-0.25, -0.2) is 4.98 Å². The number of pyridine rings is 1. The van der Waals surface area contributed by atoms with Gasteiger partial charge in [-0.05, 0) is 18.6 Å². The lowest BCUT2D eigenvalue weighted by Gasteiger charge is -2.13. The van der Waals surface area contributed by atoms with Crippen LogP contribution in [0, 0.1) is 0 Å². The van der Waals surface area contributed by atoms with Crippen molar-refractivity contribution in [2.45, 2.75) is 25.8 Å². The summed E-state index contributed by atoms with van der Waals surface area (Å²) in [6, 6.07) is 3.71. The normalized spacial score (nSPS) is 12.0. The molecule has 1 amide bonds. The van der Waals surface area contributed by atoms with Gasteiger partial charge in [0.25, 0.3) is 5.91 Å². The third-order valence-corrected chi connectivity index (χ3v) is 2.62. The first-order chi connectivity index (χ1) is 8.54. The second-order valence-electron chi connectivity index (χ2n) is 4.56. The molecule has 0 saturated carbocycles. The number of amides is 1. The Bertz CT molecular complexity index is 375. The maximum Gasteiger partial charge on any atom is 0.254 e. The van der Waals surface area contributed by atoms with E-state index < -0.39 is 0 Å². The zero-order valence-electron chi connectivity index (χ0n) is 11.3. The summed E-state index contributed by atoms with van der Waals surface area (Å²) in [6.07, 6.45) is 3.65. The molecule has 3 N–H and O–H groups in total. The van der Waals surface area contributed by atoms with E-state index in [-0.39, 0.29) is 11.9 Å². The number of rotatable bonds is 6. The lowest BCUT2D eigenvalue weighted by atomic mass is 10.2. The zero-order valence-corrected chi connectivity index (χ0v) is 11.3. The van der Waals surface area contributed by atoms with Crippen LogP contribution in [-0.2, 0) is 0 Å². The summed E-state index contributed by atoms with van der Waals surface area (Å²) in [5, 5.41) is 3.16. The number of carbonyl (C=O) groups is 1. The Kier molecular flexibility index (Phi) is 5.58. The van der Waals surface area contributed by atoms with E-state index in [1.165, 1.54) is 4.90 Å². The number of anilines is 1. The van der Waals surface area contributed by atoms with Crippen molar-refractivity contribution in [2.75, 3.05) is 26.0 Å². The summed E-state index contributed by atoms with van der Waals surface area (Å²) in [6.45, 7) is 2.81. The van der Waals surface area contributed by atoms with Crippen molar-refractivity contribution in [1.82, 2.24) is 9.88 Å². The molecule has 0 aliphatic heterocycles. The molecule has 0 spiro atoms. The van der Waals surface area contributed by atoms with Crippen LogP contribution in [0.4, 0.5) is 5.82 Å². The van der Waals surface area contributed by atoms with E-state index in [4.69, 9.17) is 5.73 Å². The van der Waals surface area contributed by atoms with Crippen LogP contribution in [0.25, 0.3) is 0 Å². The Hall–Kier alpha value is -1.62. The molecule has 1 rings (SSSR count). The first-order valence-corrected chi connectivity index (χ1v) is 6.21. The van der Waals surface area contributed by atoms with E-state index in [9.17, 15) is 4.79 Å². The van der Waals surface area contributed by atoms with Gasteiger partial charge in [0.2, 0.25) is 0 Å². The van der Waals surface area contributed by atoms with Gasteiger partial charge in [0, 0.05) is 32.9 Å². The lowest BCUT2D eigenvalue weighted by molar-refractivity contribution is 0.0827. The third-order valence-electron chi connectivity index (χ3n) is 2.62. The predicted molar refractivity (Wildman–Crippen MR) is 73.6 cm³/mol. The molecule has 0 aromatic carbocycles. The highest BCUT2D eigenvalue weighted by Gasteiger charge is 2.08. The lowest BCUT2D eigenvalue weighted by Crippen LogP contribution is -2.29. The second kappa shape index (κ2) is 6.96. The molecule has 0 radical (unpaired) electrons. The molecular formula is C13H22N4O. The number of nitrogens with two attached hydrogens (primary N) is 1. The molecule has 0 fully saturated rings. The molecule has 1 unspecified atom stereocenters. The highest BCUT2D eigenvalue weighted by atomic mass is 16.2. The molecule has 18 heavy (non-hydrogen) atoms. The van der Waals surface area contributed by atoms with Crippen LogP contribution in [0.3, 0.4) is 0 Å². The summed E-state index contributed by atoms with van der Waals surface area (Å²) < 4.78 is 0. The molecule has 0 saturated heterocycles. The van der Waals surface area contributed by atoms with Gasteiger partial charge in [0.15, 0.2) is 0 Å². The van der Waals surface area contributed by atoms with E-state index in [1.807, 2.05) is 0 Å². The first kappa shape index (κ1) is 14.4. The van der Waals surface area contributed by atoms with E-state index in [0.29, 0.717) is 12.1 Å². The minimum Gasteiger partial charge on any atom is -0.369 e. The molecule has 5 heteroatoms. The maximum atomic E-state index is 11.7. The average molecular weight is 250 g/mol. The van der Waals surface area contributed by atoms with Crippen LogP contribution < -0.4 is 11.1 Å². The second-order valence-corrected chi connectivity index (χ2v) is 4.56. The fraction of sp³-hybridized carbons (Fsp3) is 0.538. The van der Waals surface area contributed by atoms with E-state index in [2.05, 4.69) is 17.2 Å². The molecule has 5 nitrogen and oxygen atoms in total. The quantitative estimate of drug-likeness (QED) is 0.799. The van der Waals surface area contributed by atoms with Crippen LogP contribution >= 0.6 is 0 Å². The SMILES string of the molecule is CCCC(N)CNc1ccc(C(=O)N(C)C)cn1. The van der Waals surface area contributed by atoms with Gasteiger partial charge in [-0.1, -0.05) is 13.3 Å². The summed E-state index contributed by atoms with van der Waals surface area (Å²) >= 11 is 0. The zero-order chi connectivity index (χ0) is 13.5. The number of nitrogens with zero attached hydrogens (tertiary/aromatic N) is 2. The molecule has 1 aromatic heterocycles. The van der Waals surface area contributed by atoms with Gasteiger partial charge in [-0.2, -0.15) is 0 Å². The van der Waals surface area contributed by atoms with Gasteiger partial charge in [-0.15, -0.1) is 0 Å². The summed E-state index contributed by atoms with van der Waals surface area (Å²) in [5.74, 6) is 0.702. The van der Waals surface area contributed by atoms with Gasteiger partial charge in [-0.3, -0.25) is 4.79 Å². The van der Waals surface area contributed by atoms with Crippen molar-refractivity contribution < 1.29 is 4.79 Å². The number of carbonyl (C=O) groups excluding carboxylic acids is 1. The molecule has 1 heterocycles. The molecule has 1 aromatic rings. The summed E-state index contributed by atoms with van der Waals surface area (Å²) in [5.41, 5.74) is 6.49. The largest absolute Gasteiger partial charge is 0.369 e. The van der Waals surface area contributed by atoms with Crippen LogP contribution in [0.2, 0.25) is 0 Å². The number of hydrogen-bond donors (Lipinski definition) is 2. The summed E-state index contributed by atoms with van der Waals surface area (Å²) in [7, 11) is 3.44. The maximum absolute atomic E-state index is 11.7. The Morgan fingerprint density at radius 2 is 2.22 bits per heavy atom. The highest BCUT2D eigenvalue weighted by molar-refractivity contribution is 5.93. The van der Waals surface area contributed by atoms with E-state index >= 15 is 0 Å². The van der Waals surface area contributed by atoms with Crippen molar-refractivity contribution in [3.8, 4) is 0 Å². The van der Waals surface area contributed by atoms with Crippen LogP contribution in [-0.4, -0.2) is 42.5 Å². The average Bonchev–Trinajstić information content (AvgIpc) is 2.36. The van der Waals surface area contributed by atoms with Crippen molar-refractivity contribution in [3.05, 3.63) is 23.9 Å². The number of aromatic nitrogens is 1. The van der Waals surface area contributed by atoms with Crippen molar-refractivity contribution in [1.29, 1.82) is 0 Å². The fourth-order valence-corrected chi connectivity index (χ4v) is 1.59. The minimum atomic E-state index is -0.0447. The van der Waals surface area contributed by atoms with Gasteiger partial charge in [0.05, 0.1) is 5.56 Å². The monoisotopic (exact) mass is 250 g/mol. The molecule has 1 atom stereocenters. The van der Waals surface area contributed by atoms with Crippen molar-refractivity contribution >= 4 is 11.7 Å². The molecule has 0 aliphatic carbocycles. The minimum absolute atomic E-state index is 0.0447. The number of nitrogens with one attached hydrogen (secondary N) is 1. The summed E-state index contributed by atoms with van der Waals surface area (Å²) in [4.78, 5) is 17.4. The van der Waals surface area contributed by atoms with Crippen LogP contribution in [0.1, 0.15) is 30.1 Å². The fourth-order valence-electron chi connectivity index (χ4n) is 1.59. The smallest absolute Gasteiger partial charge is 0.254 e. The highest BCUT2D eigenvalue weighted by Crippen LogP contribution is 2.07. The van der Waals surface area contributed by atoms with Gasteiger partial charge in [0.1, 0.15) is 5.82 Å². The Balaban J connectivity index is 2.53. The topological polar surface area (TPSA) is 71.2 Å². The van der Waals surface area contributed by atoms with Crippen LogP contribution in [0.5, 0.6) is 0 Å². The first-order valence-electron chi connectivity index (χ1n) is 6.21. The molecule has 0 bridgehead atoms. The Labute approximate surface area is 108 Å². The van der Waals surface area contributed by atoms with E-state index in [0.717, 1.165) is 18.7 Å². The van der Waals surface area contributed by atoms with Crippen LogP contribution in [0.15, 0.2) is 18.3 Å². The van der Waals surface area contributed by atoms with Gasteiger partial charge < -0.3 is 16.0 Å². The number of hydrogen-bond acceptors (Lipinski definition) is 4. The standard InChI is InChI=1S/C13H22N4O/c1-4-5-11(14)9-16-12-7-6-10(8-15-12)13(18)17(2)3/h6-8,11H,4-5,9,14H2,1-3H3,(H,15,16). The van der Waals surface area contributed by atoms with Crippen molar-refractivity contribution in [2.24, 2.45) is 5.73 Å². The predicted octanol–water partition coefficient (Wildman–Crippen LogP) is 1.32. The molecule has 100 valence electrons. The Morgan fingerprint density at radius 3 is 2.72 bits per heavy atom.